The molecule has 1 atom stereocenters. The summed E-state index contributed by atoms with van der Waals surface area (Å²) in [6, 6.07) is 5.46. The van der Waals surface area contributed by atoms with Gasteiger partial charge in [-0.1, -0.05) is 39.0 Å². The molecule has 1 aromatic heterocycles. The molecule has 1 heterocycles. The van der Waals surface area contributed by atoms with Crippen molar-refractivity contribution in [3.8, 4) is 0 Å². The van der Waals surface area contributed by atoms with Crippen molar-refractivity contribution in [1.82, 2.24) is 20.2 Å². The van der Waals surface area contributed by atoms with E-state index < -0.39 is 23.2 Å². The number of imidazole rings is 1. The Morgan fingerprint density at radius 1 is 1.28 bits per heavy atom. The van der Waals surface area contributed by atoms with Crippen molar-refractivity contribution in [3.05, 3.63) is 53.9 Å². The SMILES string of the molecule is Cn1ccnc1[C@@H](NC(=O)CNC(=O)C(C)(C)C)c1ccccc1F. The summed E-state index contributed by atoms with van der Waals surface area (Å²) >= 11 is 0. The smallest absolute Gasteiger partial charge is 0.240 e. The number of carbonyl (C=O) groups excluding carboxylic acids is 2. The van der Waals surface area contributed by atoms with Gasteiger partial charge in [-0.15, -0.1) is 0 Å². The Kier molecular flexibility index (Phi) is 5.56. The number of aromatic nitrogens is 2. The van der Waals surface area contributed by atoms with Gasteiger partial charge >= 0.3 is 0 Å². The van der Waals surface area contributed by atoms with E-state index in [1.165, 1.54) is 6.07 Å². The molecule has 0 radical (unpaired) electrons. The maximum Gasteiger partial charge on any atom is 0.240 e. The lowest BCUT2D eigenvalue weighted by Gasteiger charge is -2.21. The molecule has 2 rings (SSSR count). The molecule has 2 aromatic rings. The van der Waals surface area contributed by atoms with Crippen LogP contribution in [-0.4, -0.2) is 27.9 Å². The van der Waals surface area contributed by atoms with Crippen LogP contribution in [0.25, 0.3) is 0 Å². The van der Waals surface area contributed by atoms with Crippen molar-refractivity contribution < 1.29 is 14.0 Å². The lowest BCUT2D eigenvalue weighted by Crippen LogP contribution is -2.43. The van der Waals surface area contributed by atoms with E-state index >= 15 is 0 Å². The number of nitrogens with zero attached hydrogens (tertiary/aromatic N) is 2. The highest BCUT2D eigenvalue weighted by atomic mass is 19.1. The quantitative estimate of drug-likeness (QED) is 0.868. The first kappa shape index (κ1) is 18.6. The highest BCUT2D eigenvalue weighted by molar-refractivity contribution is 5.87. The second kappa shape index (κ2) is 7.46. The lowest BCUT2D eigenvalue weighted by molar-refractivity contribution is -0.131. The van der Waals surface area contributed by atoms with Crippen molar-refractivity contribution >= 4 is 11.8 Å². The van der Waals surface area contributed by atoms with Crippen molar-refractivity contribution in [2.45, 2.75) is 26.8 Å². The Bertz CT molecular complexity index is 764. The first-order valence-electron chi connectivity index (χ1n) is 7.99. The van der Waals surface area contributed by atoms with Crippen molar-refractivity contribution in [1.29, 1.82) is 0 Å². The van der Waals surface area contributed by atoms with Gasteiger partial charge in [-0.2, -0.15) is 0 Å². The van der Waals surface area contributed by atoms with Gasteiger partial charge in [-0.05, 0) is 6.07 Å². The predicted octanol–water partition coefficient (Wildman–Crippen LogP) is 1.93. The van der Waals surface area contributed by atoms with E-state index in [1.807, 2.05) is 0 Å². The van der Waals surface area contributed by atoms with E-state index in [9.17, 15) is 14.0 Å². The molecular formula is C18H23FN4O2. The van der Waals surface area contributed by atoms with Gasteiger partial charge in [0.25, 0.3) is 0 Å². The zero-order valence-electron chi connectivity index (χ0n) is 14.8. The van der Waals surface area contributed by atoms with Gasteiger partial charge in [0.1, 0.15) is 17.7 Å². The van der Waals surface area contributed by atoms with E-state index in [1.54, 1.807) is 63.0 Å². The normalized spacial score (nSPS) is 12.5. The maximum absolute atomic E-state index is 14.2. The molecule has 0 fully saturated rings. The highest BCUT2D eigenvalue weighted by Crippen LogP contribution is 2.23. The van der Waals surface area contributed by atoms with Crippen LogP contribution in [0.3, 0.4) is 0 Å². The summed E-state index contributed by atoms with van der Waals surface area (Å²) in [6.45, 7) is 5.09. The Morgan fingerprint density at radius 2 is 1.96 bits per heavy atom. The van der Waals surface area contributed by atoms with Crippen molar-refractivity contribution in [3.63, 3.8) is 0 Å². The summed E-state index contributed by atoms with van der Waals surface area (Å²) < 4.78 is 15.9. The van der Waals surface area contributed by atoms with Crippen LogP contribution in [0.2, 0.25) is 0 Å². The largest absolute Gasteiger partial charge is 0.347 e. The molecular weight excluding hydrogens is 323 g/mol. The molecule has 25 heavy (non-hydrogen) atoms. The zero-order chi connectivity index (χ0) is 18.6. The zero-order valence-corrected chi connectivity index (χ0v) is 14.8. The molecule has 0 bridgehead atoms. The molecule has 6 nitrogen and oxygen atoms in total. The van der Waals surface area contributed by atoms with Gasteiger partial charge in [-0.25, -0.2) is 9.37 Å². The monoisotopic (exact) mass is 346 g/mol. The Balaban J connectivity index is 2.18. The third kappa shape index (κ3) is 4.65. The van der Waals surface area contributed by atoms with Crippen LogP contribution in [0.5, 0.6) is 0 Å². The number of carbonyl (C=O) groups is 2. The molecule has 0 aliphatic carbocycles. The lowest BCUT2D eigenvalue weighted by atomic mass is 9.96. The molecule has 2 amide bonds. The van der Waals surface area contributed by atoms with Crippen LogP contribution < -0.4 is 10.6 Å². The molecule has 0 aliphatic heterocycles. The Morgan fingerprint density at radius 3 is 2.52 bits per heavy atom. The van der Waals surface area contributed by atoms with Gasteiger partial charge in [-0.3, -0.25) is 9.59 Å². The minimum absolute atomic E-state index is 0.189. The Hall–Kier alpha value is -2.70. The summed E-state index contributed by atoms with van der Waals surface area (Å²) in [6.07, 6.45) is 3.30. The maximum atomic E-state index is 14.2. The summed E-state index contributed by atoms with van der Waals surface area (Å²) in [4.78, 5) is 28.4. The number of hydrogen-bond acceptors (Lipinski definition) is 3. The number of amides is 2. The standard InChI is InChI=1S/C18H23FN4O2/c1-18(2,3)17(25)21-11-14(24)22-15(16-20-9-10-23(16)4)12-7-5-6-8-13(12)19/h5-10,15H,11H2,1-4H3,(H,21,25)(H,22,24)/t15-/m0/s1. The summed E-state index contributed by atoms with van der Waals surface area (Å²) in [5.74, 6) is -0.592. The number of aryl methyl sites for hydroxylation is 1. The van der Waals surface area contributed by atoms with Gasteiger partial charge in [0.05, 0.1) is 6.54 Å². The molecule has 0 aliphatic rings. The van der Waals surface area contributed by atoms with Crippen LogP contribution >= 0.6 is 0 Å². The van der Waals surface area contributed by atoms with Crippen molar-refractivity contribution in [2.24, 2.45) is 12.5 Å². The number of benzene rings is 1. The molecule has 0 saturated heterocycles. The molecule has 2 N–H and O–H groups in total. The molecule has 7 heteroatoms. The molecule has 0 unspecified atom stereocenters. The summed E-state index contributed by atoms with van der Waals surface area (Å²) in [5, 5.41) is 5.33. The second-order valence-electron chi connectivity index (χ2n) is 6.85. The average Bonchev–Trinajstić information content (AvgIpc) is 2.96. The number of rotatable bonds is 5. The summed E-state index contributed by atoms with van der Waals surface area (Å²) in [7, 11) is 1.77. The molecule has 0 spiro atoms. The molecule has 0 saturated carbocycles. The van der Waals surface area contributed by atoms with Gasteiger partial charge < -0.3 is 15.2 Å². The molecule has 134 valence electrons. The average molecular weight is 346 g/mol. The molecule has 1 aromatic carbocycles. The van der Waals surface area contributed by atoms with Gasteiger partial charge in [0.15, 0.2) is 0 Å². The van der Waals surface area contributed by atoms with E-state index in [0.717, 1.165) is 0 Å². The number of hydrogen-bond donors (Lipinski definition) is 2. The third-order valence-electron chi connectivity index (χ3n) is 3.73. The highest BCUT2D eigenvalue weighted by Gasteiger charge is 2.25. The van der Waals surface area contributed by atoms with E-state index in [2.05, 4.69) is 15.6 Å². The Labute approximate surface area is 146 Å². The van der Waals surface area contributed by atoms with Crippen LogP contribution in [0, 0.1) is 11.2 Å². The number of nitrogens with one attached hydrogen (secondary N) is 2. The second-order valence-corrected chi connectivity index (χ2v) is 6.85. The minimum atomic E-state index is -0.750. The first-order valence-corrected chi connectivity index (χ1v) is 7.99. The first-order chi connectivity index (χ1) is 11.7. The van der Waals surface area contributed by atoms with Crippen LogP contribution in [0.15, 0.2) is 36.7 Å². The summed E-state index contributed by atoms with van der Waals surface area (Å²) in [5.41, 5.74) is -0.280. The minimum Gasteiger partial charge on any atom is -0.347 e. The van der Waals surface area contributed by atoms with Gasteiger partial charge in [0, 0.05) is 30.4 Å². The van der Waals surface area contributed by atoms with Crippen molar-refractivity contribution in [2.75, 3.05) is 6.54 Å². The van der Waals surface area contributed by atoms with Crippen LogP contribution in [-0.2, 0) is 16.6 Å². The van der Waals surface area contributed by atoms with Crippen LogP contribution in [0.1, 0.15) is 38.2 Å². The topological polar surface area (TPSA) is 76.0 Å². The van der Waals surface area contributed by atoms with Crippen LogP contribution in [0.4, 0.5) is 4.39 Å². The van der Waals surface area contributed by atoms with Gasteiger partial charge in [0.2, 0.25) is 11.8 Å². The van der Waals surface area contributed by atoms with E-state index in [0.29, 0.717) is 11.4 Å². The van der Waals surface area contributed by atoms with E-state index in [-0.39, 0.29) is 12.5 Å². The fourth-order valence-corrected chi connectivity index (χ4v) is 2.28. The number of halogens is 1. The fourth-order valence-electron chi connectivity index (χ4n) is 2.28. The predicted molar refractivity (Wildman–Crippen MR) is 92.1 cm³/mol. The fraction of sp³-hybridized carbons (Fsp3) is 0.389. The third-order valence-corrected chi connectivity index (χ3v) is 3.73. The van der Waals surface area contributed by atoms with E-state index in [4.69, 9.17) is 0 Å².